The zero-order valence-electron chi connectivity index (χ0n) is 12.6. The van der Waals surface area contributed by atoms with Crippen molar-refractivity contribution in [3.63, 3.8) is 0 Å². The van der Waals surface area contributed by atoms with Crippen molar-refractivity contribution in [2.45, 2.75) is 20.8 Å². The fourth-order valence-electron chi connectivity index (χ4n) is 2.14. The van der Waals surface area contributed by atoms with E-state index in [0.29, 0.717) is 5.56 Å². The highest BCUT2D eigenvalue weighted by Gasteiger charge is 2.11. The van der Waals surface area contributed by atoms with Crippen LogP contribution in [0.4, 0.5) is 0 Å². The van der Waals surface area contributed by atoms with Gasteiger partial charge in [0.25, 0.3) is 5.56 Å². The van der Waals surface area contributed by atoms with Crippen molar-refractivity contribution in [3.05, 3.63) is 63.6 Å². The quantitative estimate of drug-likeness (QED) is 0.745. The first-order valence-electron chi connectivity index (χ1n) is 6.84. The van der Waals surface area contributed by atoms with Crippen molar-refractivity contribution < 1.29 is 0 Å². The summed E-state index contributed by atoms with van der Waals surface area (Å²) in [7, 11) is 0. The van der Waals surface area contributed by atoms with Crippen LogP contribution >= 0.6 is 0 Å². The molecule has 0 aliphatic heterocycles. The Hall–Kier alpha value is -2.96. The average molecular weight is 296 g/mol. The van der Waals surface area contributed by atoms with E-state index in [4.69, 9.17) is 0 Å². The largest absolute Gasteiger partial charge is 0.295 e. The van der Waals surface area contributed by atoms with Gasteiger partial charge in [-0.2, -0.15) is 5.10 Å². The maximum atomic E-state index is 12.5. The molecule has 0 saturated carbocycles. The van der Waals surface area contributed by atoms with Crippen LogP contribution in [0.15, 0.2) is 40.7 Å². The van der Waals surface area contributed by atoms with Gasteiger partial charge in [-0.15, -0.1) is 10.2 Å². The van der Waals surface area contributed by atoms with E-state index < -0.39 is 0 Å². The molecule has 2 heterocycles. The molecule has 0 saturated heterocycles. The van der Waals surface area contributed by atoms with Crippen LogP contribution in [0, 0.1) is 20.8 Å². The van der Waals surface area contributed by atoms with Crippen molar-refractivity contribution >= 4 is 6.21 Å². The molecule has 0 radical (unpaired) electrons. The molecule has 7 nitrogen and oxygen atoms in total. The van der Waals surface area contributed by atoms with Crippen LogP contribution in [-0.2, 0) is 0 Å². The molecule has 112 valence electrons. The summed E-state index contributed by atoms with van der Waals surface area (Å²) in [5, 5.41) is 14.5. The van der Waals surface area contributed by atoms with E-state index in [-0.39, 0.29) is 5.56 Å². The van der Waals surface area contributed by atoms with Crippen molar-refractivity contribution in [1.82, 2.24) is 24.7 Å². The maximum Gasteiger partial charge on any atom is 0.280 e. The van der Waals surface area contributed by atoms with Crippen LogP contribution in [0.25, 0.3) is 5.69 Å². The Morgan fingerprint density at radius 3 is 2.55 bits per heavy atom. The van der Waals surface area contributed by atoms with Gasteiger partial charge in [0.2, 0.25) is 0 Å². The van der Waals surface area contributed by atoms with Gasteiger partial charge in [-0.05, 0) is 44.0 Å². The first-order valence-corrected chi connectivity index (χ1v) is 6.84. The minimum atomic E-state index is -0.141. The third kappa shape index (κ3) is 2.48. The number of aromatic nitrogens is 5. The van der Waals surface area contributed by atoms with Crippen molar-refractivity contribution in [2.24, 2.45) is 5.10 Å². The third-order valence-electron chi connectivity index (χ3n) is 3.59. The summed E-state index contributed by atoms with van der Waals surface area (Å²) in [5.74, 6) is 0. The van der Waals surface area contributed by atoms with Crippen LogP contribution in [-0.4, -0.2) is 30.9 Å². The number of benzene rings is 1. The minimum absolute atomic E-state index is 0.141. The van der Waals surface area contributed by atoms with E-state index in [2.05, 4.69) is 20.4 Å². The number of aryl methyl sites for hydroxylation is 3. The van der Waals surface area contributed by atoms with Crippen LogP contribution in [0.2, 0.25) is 0 Å². The summed E-state index contributed by atoms with van der Waals surface area (Å²) in [6.07, 6.45) is 4.43. The van der Waals surface area contributed by atoms with E-state index in [1.165, 1.54) is 33.8 Å². The SMILES string of the molecule is Cc1ccc(-n2[nH]c(C)c(/C=N/n3cnnc3)c2=O)cc1C. The molecule has 0 fully saturated rings. The smallest absolute Gasteiger partial charge is 0.280 e. The molecule has 1 N–H and O–H groups in total. The second-order valence-electron chi connectivity index (χ2n) is 5.15. The molecular formula is C15H16N6O. The Bertz CT molecular complexity index is 885. The molecular weight excluding hydrogens is 280 g/mol. The Labute approximate surface area is 126 Å². The van der Waals surface area contributed by atoms with Gasteiger partial charge in [0.1, 0.15) is 12.7 Å². The normalized spacial score (nSPS) is 11.4. The summed E-state index contributed by atoms with van der Waals surface area (Å²) in [6, 6.07) is 5.89. The van der Waals surface area contributed by atoms with Gasteiger partial charge in [-0.25, -0.2) is 9.36 Å². The van der Waals surface area contributed by atoms with Crippen molar-refractivity contribution in [2.75, 3.05) is 0 Å². The third-order valence-corrected chi connectivity index (χ3v) is 3.59. The van der Waals surface area contributed by atoms with E-state index in [1.54, 1.807) is 0 Å². The molecule has 0 aliphatic carbocycles. The molecule has 0 amide bonds. The molecule has 7 heteroatoms. The Morgan fingerprint density at radius 1 is 1.14 bits per heavy atom. The number of nitrogens with one attached hydrogen (secondary N) is 1. The van der Waals surface area contributed by atoms with Gasteiger partial charge in [-0.3, -0.25) is 9.89 Å². The first kappa shape index (κ1) is 14.0. The number of rotatable bonds is 3. The van der Waals surface area contributed by atoms with Gasteiger partial charge in [0.05, 0.1) is 17.5 Å². The number of H-pyrrole nitrogens is 1. The lowest BCUT2D eigenvalue weighted by Crippen LogP contribution is -2.17. The molecule has 0 bridgehead atoms. The number of hydrogen-bond acceptors (Lipinski definition) is 4. The first-order chi connectivity index (χ1) is 10.6. The summed E-state index contributed by atoms with van der Waals surface area (Å²) in [4.78, 5) is 12.5. The molecule has 2 aromatic heterocycles. The number of nitrogens with zero attached hydrogens (tertiary/aromatic N) is 5. The topological polar surface area (TPSA) is 80.9 Å². The molecule has 3 aromatic rings. The Kier molecular flexibility index (Phi) is 3.46. The minimum Gasteiger partial charge on any atom is -0.295 e. The summed E-state index contributed by atoms with van der Waals surface area (Å²) in [6.45, 7) is 5.90. The van der Waals surface area contributed by atoms with Crippen LogP contribution in [0.5, 0.6) is 0 Å². The fourth-order valence-corrected chi connectivity index (χ4v) is 2.14. The second-order valence-corrected chi connectivity index (χ2v) is 5.15. The summed E-state index contributed by atoms with van der Waals surface area (Å²) < 4.78 is 2.96. The summed E-state index contributed by atoms with van der Waals surface area (Å²) in [5.41, 5.74) is 4.25. The highest BCUT2D eigenvalue weighted by Crippen LogP contribution is 2.12. The van der Waals surface area contributed by atoms with E-state index in [9.17, 15) is 4.79 Å². The van der Waals surface area contributed by atoms with Crippen LogP contribution < -0.4 is 5.56 Å². The standard InChI is InChI=1S/C15H16N6O/c1-10-4-5-13(6-11(10)2)21-15(22)14(12(3)19-21)7-18-20-8-16-17-9-20/h4-9,19H,1-3H3/b18-7+. The molecule has 1 aromatic carbocycles. The van der Waals surface area contributed by atoms with E-state index in [0.717, 1.165) is 16.9 Å². The monoisotopic (exact) mass is 296 g/mol. The van der Waals surface area contributed by atoms with Gasteiger partial charge in [0, 0.05) is 5.69 Å². The Balaban J connectivity index is 2.03. The van der Waals surface area contributed by atoms with E-state index in [1.807, 2.05) is 39.0 Å². The average Bonchev–Trinajstić information content (AvgIpc) is 3.09. The molecule has 0 unspecified atom stereocenters. The lowest BCUT2D eigenvalue weighted by atomic mass is 10.1. The van der Waals surface area contributed by atoms with Crippen LogP contribution in [0.3, 0.4) is 0 Å². The predicted molar refractivity (Wildman–Crippen MR) is 83.6 cm³/mol. The zero-order valence-corrected chi connectivity index (χ0v) is 12.6. The predicted octanol–water partition coefficient (Wildman–Crippen LogP) is 1.56. The van der Waals surface area contributed by atoms with Gasteiger partial charge < -0.3 is 0 Å². The molecule has 22 heavy (non-hydrogen) atoms. The second kappa shape index (κ2) is 5.44. The van der Waals surface area contributed by atoms with Crippen LogP contribution in [0.1, 0.15) is 22.4 Å². The van der Waals surface area contributed by atoms with Gasteiger partial charge in [-0.1, -0.05) is 6.07 Å². The highest BCUT2D eigenvalue weighted by atomic mass is 16.1. The van der Waals surface area contributed by atoms with Crippen molar-refractivity contribution in [1.29, 1.82) is 0 Å². The zero-order chi connectivity index (χ0) is 15.7. The maximum absolute atomic E-state index is 12.5. The van der Waals surface area contributed by atoms with Gasteiger partial charge >= 0.3 is 0 Å². The number of aromatic amines is 1. The molecule has 0 atom stereocenters. The molecule has 0 spiro atoms. The fraction of sp³-hybridized carbons (Fsp3) is 0.200. The lowest BCUT2D eigenvalue weighted by molar-refractivity contribution is 0.833. The number of hydrogen-bond donors (Lipinski definition) is 1. The summed E-state index contributed by atoms with van der Waals surface area (Å²) >= 11 is 0. The van der Waals surface area contributed by atoms with Crippen molar-refractivity contribution in [3.8, 4) is 5.69 Å². The lowest BCUT2D eigenvalue weighted by Gasteiger charge is -2.05. The van der Waals surface area contributed by atoms with Gasteiger partial charge in [0.15, 0.2) is 0 Å². The molecule has 3 rings (SSSR count). The highest BCUT2D eigenvalue weighted by molar-refractivity contribution is 5.80. The Morgan fingerprint density at radius 2 is 1.86 bits per heavy atom. The van der Waals surface area contributed by atoms with E-state index >= 15 is 0 Å². The molecule has 0 aliphatic rings.